The first kappa shape index (κ1) is 17.8. The zero-order valence-electron chi connectivity index (χ0n) is 12.8. The van der Waals surface area contributed by atoms with Crippen molar-refractivity contribution in [3.8, 4) is 0 Å². The summed E-state index contributed by atoms with van der Waals surface area (Å²) in [7, 11) is -3.04. The van der Waals surface area contributed by atoms with E-state index in [0.29, 0.717) is 6.42 Å². The molecule has 0 saturated carbocycles. The van der Waals surface area contributed by atoms with Crippen LogP contribution in [0.4, 0.5) is 0 Å². The van der Waals surface area contributed by atoms with E-state index in [2.05, 4.69) is 5.32 Å². The summed E-state index contributed by atoms with van der Waals surface area (Å²) in [5.41, 5.74) is 1.07. The van der Waals surface area contributed by atoms with Crippen molar-refractivity contribution in [2.75, 3.05) is 23.9 Å². The van der Waals surface area contributed by atoms with Crippen LogP contribution >= 0.6 is 11.8 Å². The second kappa shape index (κ2) is 7.83. The Bertz CT molecular complexity index is 687. The summed E-state index contributed by atoms with van der Waals surface area (Å²) in [5, 5.41) is 2.57. The molecule has 6 nitrogen and oxygen atoms in total. The zero-order valence-corrected chi connectivity index (χ0v) is 14.4. The molecule has 1 heterocycles. The number of rotatable bonds is 6. The van der Waals surface area contributed by atoms with Crippen LogP contribution in [0.15, 0.2) is 29.2 Å². The van der Waals surface area contributed by atoms with Crippen LogP contribution in [-0.4, -0.2) is 50.2 Å². The molecule has 2 rings (SSSR count). The maximum absolute atomic E-state index is 11.7. The van der Waals surface area contributed by atoms with E-state index in [9.17, 15) is 18.0 Å². The Kier molecular flexibility index (Phi) is 6.06. The normalized spacial score (nSPS) is 19.3. The van der Waals surface area contributed by atoms with Gasteiger partial charge in [0, 0.05) is 10.9 Å². The molecule has 1 saturated heterocycles. The van der Waals surface area contributed by atoms with Gasteiger partial charge in [0.2, 0.25) is 0 Å². The van der Waals surface area contributed by atoms with Gasteiger partial charge >= 0.3 is 5.97 Å². The molecule has 0 aliphatic carbocycles. The lowest BCUT2D eigenvalue weighted by molar-refractivity contribution is -0.146. The largest absolute Gasteiger partial charge is 0.455 e. The quantitative estimate of drug-likeness (QED) is 0.602. The molecule has 1 aromatic carbocycles. The minimum absolute atomic E-state index is 0.0458. The number of aryl methyl sites for hydroxylation is 1. The van der Waals surface area contributed by atoms with Gasteiger partial charge in [-0.2, -0.15) is 0 Å². The maximum atomic E-state index is 11.7. The van der Waals surface area contributed by atoms with E-state index in [-0.39, 0.29) is 29.9 Å². The standard InChI is InChI=1S/C15H19NO5S2/c1-11-4-2-3-5-13(11)22-9-15(18)21-8-14(17)16-12-6-7-23(19,20)10-12/h2-5,12H,6-10H2,1H3,(H,16,17)/t12-/m1/s1. The average molecular weight is 357 g/mol. The molecule has 1 aliphatic rings. The van der Waals surface area contributed by atoms with Gasteiger partial charge in [-0.25, -0.2) is 8.42 Å². The van der Waals surface area contributed by atoms with Crippen LogP contribution in [0.3, 0.4) is 0 Å². The topological polar surface area (TPSA) is 89.5 Å². The highest BCUT2D eigenvalue weighted by Crippen LogP contribution is 2.21. The minimum Gasteiger partial charge on any atom is -0.455 e. The number of hydrogen-bond donors (Lipinski definition) is 1. The number of benzene rings is 1. The lowest BCUT2D eigenvalue weighted by Crippen LogP contribution is -2.38. The summed E-state index contributed by atoms with van der Waals surface area (Å²) in [6.07, 6.45) is 0.408. The third-order valence-electron chi connectivity index (χ3n) is 3.40. The molecular weight excluding hydrogens is 338 g/mol. The van der Waals surface area contributed by atoms with Crippen molar-refractivity contribution in [2.45, 2.75) is 24.3 Å². The van der Waals surface area contributed by atoms with Crippen molar-refractivity contribution in [2.24, 2.45) is 0 Å². The van der Waals surface area contributed by atoms with Gasteiger partial charge in [0.25, 0.3) is 5.91 Å². The summed E-state index contributed by atoms with van der Waals surface area (Å²) >= 11 is 1.35. The highest BCUT2D eigenvalue weighted by Gasteiger charge is 2.28. The molecule has 1 atom stereocenters. The summed E-state index contributed by atoms with van der Waals surface area (Å²) in [6.45, 7) is 1.57. The number of carbonyl (C=O) groups is 2. The molecular formula is C15H19NO5S2. The molecule has 1 amide bonds. The van der Waals surface area contributed by atoms with Crippen LogP contribution in [0.1, 0.15) is 12.0 Å². The molecule has 1 aromatic rings. The van der Waals surface area contributed by atoms with Crippen molar-refractivity contribution in [3.63, 3.8) is 0 Å². The molecule has 0 bridgehead atoms. The highest BCUT2D eigenvalue weighted by atomic mass is 32.2. The Morgan fingerprint density at radius 1 is 1.35 bits per heavy atom. The summed E-state index contributed by atoms with van der Waals surface area (Å²) in [6, 6.07) is 7.30. The fourth-order valence-electron chi connectivity index (χ4n) is 2.22. The van der Waals surface area contributed by atoms with Crippen LogP contribution in [-0.2, 0) is 24.2 Å². The number of carbonyl (C=O) groups excluding carboxylic acids is 2. The van der Waals surface area contributed by atoms with Gasteiger partial charge < -0.3 is 10.1 Å². The van der Waals surface area contributed by atoms with Gasteiger partial charge in [-0.05, 0) is 25.0 Å². The van der Waals surface area contributed by atoms with Gasteiger partial charge in [0.05, 0.1) is 17.3 Å². The van der Waals surface area contributed by atoms with Crippen molar-refractivity contribution in [3.05, 3.63) is 29.8 Å². The first-order chi connectivity index (χ1) is 10.9. The van der Waals surface area contributed by atoms with E-state index in [1.807, 2.05) is 31.2 Å². The van der Waals surface area contributed by atoms with Gasteiger partial charge in [0.15, 0.2) is 16.4 Å². The number of esters is 1. The van der Waals surface area contributed by atoms with Crippen LogP contribution in [0.25, 0.3) is 0 Å². The van der Waals surface area contributed by atoms with Crippen LogP contribution < -0.4 is 5.32 Å². The first-order valence-corrected chi connectivity index (χ1v) is 10.0. The number of ether oxygens (including phenoxy) is 1. The van der Waals surface area contributed by atoms with Crippen LogP contribution in [0, 0.1) is 6.92 Å². The van der Waals surface area contributed by atoms with Gasteiger partial charge in [0.1, 0.15) is 0 Å². The lowest BCUT2D eigenvalue weighted by Gasteiger charge is -2.11. The molecule has 8 heteroatoms. The predicted octanol–water partition coefficient (Wildman–Crippen LogP) is 0.934. The van der Waals surface area contributed by atoms with Gasteiger partial charge in [-0.1, -0.05) is 18.2 Å². The first-order valence-electron chi connectivity index (χ1n) is 7.19. The molecule has 1 N–H and O–H groups in total. The zero-order chi connectivity index (χ0) is 16.9. The number of sulfone groups is 1. The summed E-state index contributed by atoms with van der Waals surface area (Å²) < 4.78 is 27.5. The Hall–Kier alpha value is -1.54. The molecule has 23 heavy (non-hydrogen) atoms. The molecule has 0 aromatic heterocycles. The number of thioether (sulfide) groups is 1. The Balaban J connectivity index is 1.68. The second-order valence-corrected chi connectivity index (χ2v) is 8.63. The fraction of sp³-hybridized carbons (Fsp3) is 0.467. The molecule has 0 spiro atoms. The lowest BCUT2D eigenvalue weighted by atomic mass is 10.2. The van der Waals surface area contributed by atoms with Crippen LogP contribution in [0.5, 0.6) is 0 Å². The molecule has 0 unspecified atom stereocenters. The van der Waals surface area contributed by atoms with E-state index in [4.69, 9.17) is 4.74 Å². The minimum atomic E-state index is -3.04. The highest BCUT2D eigenvalue weighted by molar-refractivity contribution is 8.00. The second-order valence-electron chi connectivity index (χ2n) is 5.38. The van der Waals surface area contributed by atoms with Crippen molar-refractivity contribution >= 4 is 33.5 Å². The Labute approximate surface area is 139 Å². The monoisotopic (exact) mass is 357 g/mol. The van der Waals surface area contributed by atoms with Gasteiger partial charge in [-0.15, -0.1) is 11.8 Å². The van der Waals surface area contributed by atoms with E-state index in [1.54, 1.807) is 0 Å². The smallest absolute Gasteiger partial charge is 0.316 e. The van der Waals surface area contributed by atoms with E-state index in [1.165, 1.54) is 11.8 Å². The Morgan fingerprint density at radius 2 is 2.09 bits per heavy atom. The SMILES string of the molecule is Cc1ccccc1SCC(=O)OCC(=O)N[C@@H]1CCS(=O)(=O)C1. The van der Waals surface area contributed by atoms with E-state index >= 15 is 0 Å². The molecule has 1 aliphatic heterocycles. The molecule has 1 fully saturated rings. The number of amides is 1. The fourth-order valence-corrected chi connectivity index (χ4v) is 4.72. The van der Waals surface area contributed by atoms with E-state index in [0.717, 1.165) is 10.5 Å². The number of hydrogen-bond acceptors (Lipinski definition) is 6. The Morgan fingerprint density at radius 3 is 2.74 bits per heavy atom. The summed E-state index contributed by atoms with van der Waals surface area (Å²) in [4.78, 5) is 24.3. The van der Waals surface area contributed by atoms with Crippen molar-refractivity contribution in [1.82, 2.24) is 5.32 Å². The number of nitrogens with one attached hydrogen (secondary N) is 1. The predicted molar refractivity (Wildman–Crippen MR) is 88.1 cm³/mol. The van der Waals surface area contributed by atoms with Gasteiger partial charge in [-0.3, -0.25) is 9.59 Å². The molecule has 0 radical (unpaired) electrons. The maximum Gasteiger partial charge on any atom is 0.316 e. The van der Waals surface area contributed by atoms with Crippen LogP contribution in [0.2, 0.25) is 0 Å². The van der Waals surface area contributed by atoms with Crippen molar-refractivity contribution < 1.29 is 22.7 Å². The average Bonchev–Trinajstić information content (AvgIpc) is 2.83. The summed E-state index contributed by atoms with van der Waals surface area (Å²) in [5.74, 6) is -0.787. The third kappa shape index (κ3) is 5.87. The van der Waals surface area contributed by atoms with Crippen molar-refractivity contribution in [1.29, 1.82) is 0 Å². The van der Waals surface area contributed by atoms with E-state index < -0.39 is 21.7 Å². The molecule has 126 valence electrons. The third-order valence-corrected chi connectivity index (χ3v) is 6.32.